The van der Waals surface area contributed by atoms with Crippen molar-refractivity contribution >= 4 is 55.9 Å². The van der Waals surface area contributed by atoms with Gasteiger partial charge in [0.1, 0.15) is 12.0 Å². The summed E-state index contributed by atoms with van der Waals surface area (Å²) in [4.78, 5) is 8.99. The van der Waals surface area contributed by atoms with Crippen LogP contribution in [0.3, 0.4) is 0 Å². The molecule has 0 bridgehead atoms. The summed E-state index contributed by atoms with van der Waals surface area (Å²) in [7, 11) is 0. The monoisotopic (exact) mass is 487 g/mol. The lowest BCUT2D eigenvalue weighted by atomic mass is 9.98. The van der Waals surface area contributed by atoms with Crippen LogP contribution >= 0.6 is 27.5 Å². The average Bonchev–Trinajstić information content (AvgIpc) is 2.76. The summed E-state index contributed by atoms with van der Waals surface area (Å²) >= 11 is 9.55. The number of fused-ring (bicyclic) bond motifs is 1. The predicted octanol–water partition coefficient (Wildman–Crippen LogP) is 6.21. The summed E-state index contributed by atoms with van der Waals surface area (Å²) in [5.74, 6) is -0.443. The van der Waals surface area contributed by atoms with Gasteiger partial charge in [-0.25, -0.2) is 4.39 Å². The molecular formula is C23H20BrClFN3O. The second-order valence-electron chi connectivity index (χ2n) is 7.11. The van der Waals surface area contributed by atoms with Crippen molar-refractivity contribution in [3.05, 3.63) is 75.1 Å². The van der Waals surface area contributed by atoms with Gasteiger partial charge >= 0.3 is 0 Å². The Kier molecular flexibility index (Phi) is 6.46. The van der Waals surface area contributed by atoms with Gasteiger partial charge in [-0.1, -0.05) is 17.7 Å². The van der Waals surface area contributed by atoms with E-state index in [1.165, 1.54) is 18.2 Å². The van der Waals surface area contributed by atoms with Crippen LogP contribution < -0.4 is 5.73 Å². The Morgan fingerprint density at radius 3 is 2.90 bits per heavy atom. The van der Waals surface area contributed by atoms with Crippen LogP contribution in [0.15, 0.2) is 58.1 Å². The highest BCUT2D eigenvalue weighted by atomic mass is 79.9. The van der Waals surface area contributed by atoms with Crippen molar-refractivity contribution in [1.29, 1.82) is 0 Å². The van der Waals surface area contributed by atoms with E-state index in [0.29, 0.717) is 17.2 Å². The third-order valence-electron chi connectivity index (χ3n) is 4.99. The van der Waals surface area contributed by atoms with Crippen molar-refractivity contribution in [3.63, 3.8) is 0 Å². The zero-order chi connectivity index (χ0) is 21.1. The first kappa shape index (κ1) is 21.0. The van der Waals surface area contributed by atoms with E-state index in [1.54, 1.807) is 12.4 Å². The summed E-state index contributed by atoms with van der Waals surface area (Å²) in [6.45, 7) is 0.690. The fourth-order valence-electron chi connectivity index (χ4n) is 3.42. The number of hydrogen-bond donors (Lipinski definition) is 1. The molecule has 1 aliphatic rings. The molecule has 1 aromatic heterocycles. The molecule has 1 unspecified atom stereocenters. The van der Waals surface area contributed by atoms with Gasteiger partial charge in [-0.3, -0.25) is 9.98 Å². The van der Waals surface area contributed by atoms with E-state index in [4.69, 9.17) is 22.1 Å². The molecule has 2 N–H and O–H groups in total. The van der Waals surface area contributed by atoms with E-state index in [2.05, 4.69) is 25.9 Å². The number of aromatic nitrogens is 1. The van der Waals surface area contributed by atoms with E-state index in [0.717, 1.165) is 40.2 Å². The largest absolute Gasteiger partial charge is 0.398 e. The zero-order valence-corrected chi connectivity index (χ0v) is 18.5. The third kappa shape index (κ3) is 4.72. The molecule has 3 aromatic rings. The summed E-state index contributed by atoms with van der Waals surface area (Å²) < 4.78 is 21.1. The third-order valence-corrected chi connectivity index (χ3v) is 5.66. The number of ether oxygens (including phenoxy) is 1. The molecule has 154 valence electrons. The fourth-order valence-corrected chi connectivity index (χ4v) is 3.94. The topological polar surface area (TPSA) is 60.5 Å². The molecule has 1 saturated heterocycles. The molecule has 0 amide bonds. The molecule has 30 heavy (non-hydrogen) atoms. The van der Waals surface area contributed by atoms with Gasteiger partial charge < -0.3 is 10.5 Å². The SMILES string of the molecule is N/C(=C(\C=N\C1CCCCO1)c1ccc2ncc(Br)cc2c1)c1cc(Cl)ccc1F. The molecule has 0 radical (unpaired) electrons. The summed E-state index contributed by atoms with van der Waals surface area (Å²) in [5.41, 5.74) is 9.21. The first-order chi connectivity index (χ1) is 14.5. The lowest BCUT2D eigenvalue weighted by Gasteiger charge is -2.19. The Bertz CT molecular complexity index is 1140. The van der Waals surface area contributed by atoms with Gasteiger partial charge in [0.2, 0.25) is 0 Å². The minimum Gasteiger partial charge on any atom is -0.398 e. The Balaban J connectivity index is 1.84. The number of pyridine rings is 1. The van der Waals surface area contributed by atoms with E-state index >= 15 is 0 Å². The summed E-state index contributed by atoms with van der Waals surface area (Å²) in [5, 5.41) is 1.34. The highest BCUT2D eigenvalue weighted by Crippen LogP contribution is 2.28. The van der Waals surface area contributed by atoms with Crippen molar-refractivity contribution in [2.45, 2.75) is 25.5 Å². The van der Waals surface area contributed by atoms with Gasteiger partial charge in [0.05, 0.1) is 11.2 Å². The van der Waals surface area contributed by atoms with Crippen molar-refractivity contribution in [1.82, 2.24) is 4.98 Å². The van der Waals surface area contributed by atoms with Gasteiger partial charge in [0, 0.05) is 45.0 Å². The molecule has 2 heterocycles. The number of hydrogen-bond acceptors (Lipinski definition) is 4. The minimum atomic E-state index is -0.443. The van der Waals surface area contributed by atoms with Gasteiger partial charge in [0.25, 0.3) is 0 Å². The maximum atomic E-state index is 14.5. The van der Waals surface area contributed by atoms with Crippen LogP contribution in [0, 0.1) is 5.82 Å². The fraction of sp³-hybridized carbons (Fsp3) is 0.217. The van der Waals surface area contributed by atoms with Gasteiger partial charge in [-0.15, -0.1) is 0 Å². The van der Waals surface area contributed by atoms with E-state index in [1.807, 2.05) is 24.3 Å². The Labute approximate surface area is 187 Å². The van der Waals surface area contributed by atoms with Crippen molar-refractivity contribution < 1.29 is 9.13 Å². The number of rotatable bonds is 4. The lowest BCUT2D eigenvalue weighted by molar-refractivity contribution is 0.0227. The molecule has 7 heteroatoms. The molecule has 2 aromatic carbocycles. The first-order valence-corrected chi connectivity index (χ1v) is 10.8. The van der Waals surface area contributed by atoms with Gasteiger partial charge in [-0.05, 0) is 77.2 Å². The van der Waals surface area contributed by atoms with E-state index in [-0.39, 0.29) is 17.5 Å². The van der Waals surface area contributed by atoms with Crippen LogP contribution in [0.4, 0.5) is 4.39 Å². The van der Waals surface area contributed by atoms with E-state index < -0.39 is 5.82 Å². The standard InChI is InChI=1S/C23H20BrClFN3O/c24-16-10-15-9-14(4-7-21(15)28-12-16)19(13-29-22-3-1-2-8-30-22)23(27)18-11-17(25)5-6-20(18)26/h4-7,9-13,22H,1-3,8,27H2/b23-19+,29-13+. The van der Waals surface area contributed by atoms with Crippen molar-refractivity contribution in [3.8, 4) is 0 Å². The number of benzene rings is 2. The molecule has 4 nitrogen and oxygen atoms in total. The number of nitrogens with two attached hydrogens (primary N) is 1. The van der Waals surface area contributed by atoms with E-state index in [9.17, 15) is 4.39 Å². The normalized spacial score (nSPS) is 18.0. The quantitative estimate of drug-likeness (QED) is 0.351. The molecular weight excluding hydrogens is 469 g/mol. The maximum Gasteiger partial charge on any atom is 0.148 e. The van der Waals surface area contributed by atoms with Crippen LogP contribution in [-0.2, 0) is 4.74 Å². The number of halogens is 3. The van der Waals surface area contributed by atoms with Gasteiger partial charge in [0.15, 0.2) is 0 Å². The Morgan fingerprint density at radius 2 is 2.10 bits per heavy atom. The summed E-state index contributed by atoms with van der Waals surface area (Å²) in [6, 6.07) is 12.1. The first-order valence-electron chi connectivity index (χ1n) is 9.67. The van der Waals surface area contributed by atoms with Crippen LogP contribution in [0.1, 0.15) is 30.4 Å². The number of aliphatic imine (C=N–C) groups is 1. The zero-order valence-electron chi connectivity index (χ0n) is 16.1. The van der Waals surface area contributed by atoms with Crippen molar-refractivity contribution in [2.75, 3.05) is 6.61 Å². The van der Waals surface area contributed by atoms with Crippen LogP contribution in [0.5, 0.6) is 0 Å². The lowest BCUT2D eigenvalue weighted by Crippen LogP contribution is -2.17. The molecule has 4 rings (SSSR count). The Hall–Kier alpha value is -2.28. The predicted molar refractivity (Wildman–Crippen MR) is 124 cm³/mol. The average molecular weight is 489 g/mol. The van der Waals surface area contributed by atoms with Crippen LogP contribution in [-0.4, -0.2) is 24.0 Å². The second kappa shape index (κ2) is 9.25. The maximum absolute atomic E-state index is 14.5. The van der Waals surface area contributed by atoms with Crippen LogP contribution in [0.2, 0.25) is 5.02 Å². The highest BCUT2D eigenvalue weighted by Gasteiger charge is 2.15. The van der Waals surface area contributed by atoms with Crippen LogP contribution in [0.25, 0.3) is 22.2 Å². The van der Waals surface area contributed by atoms with Gasteiger partial charge in [-0.2, -0.15) is 0 Å². The molecule has 1 atom stereocenters. The molecule has 0 saturated carbocycles. The molecule has 1 aliphatic heterocycles. The number of nitrogens with zero attached hydrogens (tertiary/aromatic N) is 2. The molecule has 0 aliphatic carbocycles. The second-order valence-corrected chi connectivity index (χ2v) is 8.46. The molecule has 1 fully saturated rings. The highest BCUT2D eigenvalue weighted by molar-refractivity contribution is 9.10. The smallest absolute Gasteiger partial charge is 0.148 e. The number of allylic oxidation sites excluding steroid dienone is 1. The minimum absolute atomic E-state index is 0.220. The summed E-state index contributed by atoms with van der Waals surface area (Å²) in [6.07, 6.45) is 6.16. The van der Waals surface area contributed by atoms with Crippen molar-refractivity contribution in [2.24, 2.45) is 10.7 Å². The Morgan fingerprint density at radius 1 is 1.23 bits per heavy atom. The molecule has 0 spiro atoms.